The van der Waals surface area contributed by atoms with E-state index in [0.29, 0.717) is 44.5 Å². The van der Waals surface area contributed by atoms with Crippen LogP contribution in [0.1, 0.15) is 17.4 Å². The van der Waals surface area contributed by atoms with Gasteiger partial charge in [0.1, 0.15) is 5.69 Å². The van der Waals surface area contributed by atoms with E-state index in [-0.39, 0.29) is 10.6 Å². The minimum Gasteiger partial charge on any atom is -0.350 e. The molecule has 0 saturated carbocycles. The predicted molar refractivity (Wildman–Crippen MR) is 131 cm³/mol. The van der Waals surface area contributed by atoms with E-state index in [2.05, 4.69) is 0 Å². The number of carbonyl (C=O) groups is 1. The number of nitrogens with zero attached hydrogens (tertiary/aromatic N) is 1. The molecular weight excluding hydrogens is 488 g/mol. The molecule has 32 heavy (non-hydrogen) atoms. The molecule has 0 radical (unpaired) electrons. The third-order valence-electron chi connectivity index (χ3n) is 4.82. The van der Waals surface area contributed by atoms with Crippen molar-refractivity contribution in [1.82, 2.24) is 3.97 Å². The quantitative estimate of drug-likeness (QED) is 0.249. The van der Waals surface area contributed by atoms with Gasteiger partial charge in [-0.2, -0.15) is 0 Å². The zero-order valence-corrected chi connectivity index (χ0v) is 20.1. The van der Waals surface area contributed by atoms with Gasteiger partial charge in [0.25, 0.3) is 10.0 Å². The molecule has 1 atom stereocenters. The van der Waals surface area contributed by atoms with Crippen LogP contribution in [0.2, 0.25) is 10.0 Å². The largest absolute Gasteiger partial charge is 0.350 e. The summed E-state index contributed by atoms with van der Waals surface area (Å²) in [5.41, 5.74) is 0.334. The van der Waals surface area contributed by atoms with Crippen molar-refractivity contribution in [3.8, 4) is 0 Å². The summed E-state index contributed by atoms with van der Waals surface area (Å²) in [6.45, 7) is 2.17. The van der Waals surface area contributed by atoms with E-state index in [1.54, 1.807) is 48.5 Å². The van der Waals surface area contributed by atoms with E-state index < -0.39 is 18.2 Å². The van der Waals surface area contributed by atoms with Crippen molar-refractivity contribution in [3.63, 3.8) is 0 Å². The first-order valence-corrected chi connectivity index (χ1v) is 13.1. The molecule has 4 aromatic rings. The Morgan fingerprint density at radius 2 is 1.69 bits per heavy atom. The van der Waals surface area contributed by atoms with Gasteiger partial charge in [-0.05, 0) is 43.3 Å². The van der Waals surface area contributed by atoms with E-state index in [0.717, 1.165) is 3.97 Å². The maximum Gasteiger partial charge on any atom is 0.268 e. The van der Waals surface area contributed by atoms with Gasteiger partial charge in [0.2, 0.25) is 0 Å². The number of hydrogen-bond acceptors (Lipinski definition) is 4. The Hall–Kier alpha value is -2.21. The highest BCUT2D eigenvalue weighted by atomic mass is 35.5. The Kier molecular flexibility index (Phi) is 6.70. The second-order valence-electron chi connectivity index (χ2n) is 6.76. The number of aromatic nitrogens is 1. The summed E-state index contributed by atoms with van der Waals surface area (Å²) in [7, 11) is -5.69. The van der Waals surface area contributed by atoms with Crippen LogP contribution in [-0.4, -0.2) is 25.3 Å². The number of halogens is 2. The molecule has 0 N–H and O–H groups in total. The Morgan fingerprint density at radius 1 is 1.00 bits per heavy atom. The molecule has 0 aliphatic heterocycles. The zero-order valence-electron chi connectivity index (χ0n) is 16.9. The van der Waals surface area contributed by atoms with E-state index in [1.165, 1.54) is 12.1 Å². The molecule has 1 unspecified atom stereocenters. The smallest absolute Gasteiger partial charge is 0.268 e. The standard InChI is InChI=1S/C23H18Cl2NO4PS/c1-2-30-31(22-11-7-6-10-19(22)25)23-18-14-16(24)12-13-20(18)26(21(23)15-27)32(28,29)17-8-4-3-5-9-17/h3-15H,2H2,1H3. The van der Waals surface area contributed by atoms with Crippen molar-refractivity contribution in [2.45, 2.75) is 11.8 Å². The van der Waals surface area contributed by atoms with Gasteiger partial charge in [-0.25, -0.2) is 12.4 Å². The average molecular weight is 506 g/mol. The van der Waals surface area contributed by atoms with Crippen LogP contribution < -0.4 is 10.6 Å². The lowest BCUT2D eigenvalue weighted by molar-refractivity contribution is 0.111. The third kappa shape index (κ3) is 3.98. The molecule has 3 aromatic carbocycles. The van der Waals surface area contributed by atoms with Crippen LogP contribution >= 0.6 is 31.4 Å². The van der Waals surface area contributed by atoms with Gasteiger partial charge >= 0.3 is 0 Å². The molecular formula is C23H18Cl2NO4PS. The lowest BCUT2D eigenvalue weighted by Gasteiger charge is -2.19. The van der Waals surface area contributed by atoms with Crippen molar-refractivity contribution < 1.29 is 17.7 Å². The summed E-state index contributed by atoms with van der Waals surface area (Å²) >= 11 is 12.8. The van der Waals surface area contributed by atoms with Gasteiger partial charge in [-0.15, -0.1) is 0 Å². The summed E-state index contributed by atoms with van der Waals surface area (Å²) < 4.78 is 34.4. The van der Waals surface area contributed by atoms with Crippen LogP contribution in [-0.2, 0) is 14.5 Å². The maximum atomic E-state index is 13.6. The molecule has 0 aliphatic carbocycles. The van der Waals surface area contributed by atoms with Crippen molar-refractivity contribution in [2.24, 2.45) is 0 Å². The summed E-state index contributed by atoms with van der Waals surface area (Å²) in [4.78, 5) is 12.5. The van der Waals surface area contributed by atoms with Gasteiger partial charge < -0.3 is 4.52 Å². The fourth-order valence-electron chi connectivity index (χ4n) is 3.51. The topological polar surface area (TPSA) is 65.4 Å². The minimum atomic E-state index is -4.08. The summed E-state index contributed by atoms with van der Waals surface area (Å²) in [5, 5.41) is 2.56. The van der Waals surface area contributed by atoms with Gasteiger partial charge in [0.05, 0.1) is 23.6 Å². The van der Waals surface area contributed by atoms with Gasteiger partial charge in [-0.1, -0.05) is 59.6 Å². The van der Waals surface area contributed by atoms with Crippen LogP contribution in [0.15, 0.2) is 77.7 Å². The molecule has 0 spiro atoms. The lowest BCUT2D eigenvalue weighted by atomic mass is 10.2. The van der Waals surface area contributed by atoms with Gasteiger partial charge in [0.15, 0.2) is 6.29 Å². The fourth-order valence-corrected chi connectivity index (χ4v) is 7.66. The van der Waals surface area contributed by atoms with Crippen LogP contribution in [0.5, 0.6) is 0 Å². The van der Waals surface area contributed by atoms with E-state index in [4.69, 9.17) is 27.7 Å². The Morgan fingerprint density at radius 3 is 2.34 bits per heavy atom. The highest BCUT2D eigenvalue weighted by Gasteiger charge is 2.32. The normalized spacial score (nSPS) is 12.7. The second kappa shape index (κ2) is 9.34. The van der Waals surface area contributed by atoms with Crippen molar-refractivity contribution in [2.75, 3.05) is 6.61 Å². The Bertz CT molecular complexity index is 1400. The van der Waals surface area contributed by atoms with E-state index >= 15 is 0 Å². The summed E-state index contributed by atoms with van der Waals surface area (Å²) in [6.07, 6.45) is 0.551. The zero-order chi connectivity index (χ0) is 22.9. The molecule has 164 valence electrons. The Labute approximate surface area is 197 Å². The molecule has 0 fully saturated rings. The predicted octanol–water partition coefficient (Wildman–Crippen LogP) is 5.38. The minimum absolute atomic E-state index is 0.00870. The monoisotopic (exact) mass is 505 g/mol. The summed E-state index contributed by atoms with van der Waals surface area (Å²) in [5.74, 6) is 0. The first-order chi connectivity index (χ1) is 15.4. The average Bonchev–Trinajstić information content (AvgIpc) is 3.12. The van der Waals surface area contributed by atoms with Gasteiger partial charge in [-0.3, -0.25) is 4.79 Å². The van der Waals surface area contributed by atoms with Gasteiger partial charge in [0, 0.05) is 27.6 Å². The molecule has 1 aromatic heterocycles. The van der Waals surface area contributed by atoms with Crippen LogP contribution in [0.3, 0.4) is 0 Å². The number of fused-ring (bicyclic) bond motifs is 1. The molecule has 0 bridgehead atoms. The highest BCUT2D eigenvalue weighted by molar-refractivity contribution is 7.90. The van der Waals surface area contributed by atoms with E-state index in [1.807, 2.05) is 19.1 Å². The van der Waals surface area contributed by atoms with Crippen LogP contribution in [0, 0.1) is 0 Å². The number of rotatable bonds is 7. The molecule has 1 heterocycles. The molecule has 9 heteroatoms. The van der Waals surface area contributed by atoms with E-state index in [9.17, 15) is 13.2 Å². The first-order valence-electron chi connectivity index (χ1n) is 9.67. The molecule has 4 rings (SSSR count). The van der Waals surface area contributed by atoms with Crippen molar-refractivity contribution >= 4 is 69.2 Å². The second-order valence-corrected chi connectivity index (χ2v) is 11.2. The molecule has 0 aliphatic rings. The lowest BCUT2D eigenvalue weighted by Crippen LogP contribution is -2.22. The van der Waals surface area contributed by atoms with Crippen LogP contribution in [0.25, 0.3) is 10.9 Å². The number of carbonyl (C=O) groups excluding carboxylic acids is 1. The van der Waals surface area contributed by atoms with Crippen LogP contribution in [0.4, 0.5) is 0 Å². The van der Waals surface area contributed by atoms with Crippen molar-refractivity contribution in [3.05, 3.63) is 88.5 Å². The first kappa shape index (κ1) is 23.0. The molecule has 5 nitrogen and oxygen atoms in total. The molecule has 0 amide bonds. The maximum absolute atomic E-state index is 13.6. The Balaban J connectivity index is 2.12. The highest BCUT2D eigenvalue weighted by Crippen LogP contribution is 2.43. The fraction of sp³-hybridized carbons (Fsp3) is 0.0870. The summed E-state index contributed by atoms with van der Waals surface area (Å²) in [6, 6.07) is 20.0. The molecule has 0 saturated heterocycles. The number of aldehydes is 1. The number of hydrogen-bond donors (Lipinski definition) is 0. The number of benzene rings is 3. The third-order valence-corrected chi connectivity index (χ3v) is 9.48. The SMILES string of the molecule is CCOP(c1ccccc1Cl)c1c(C=O)n(S(=O)(=O)c2ccccc2)c2ccc(Cl)cc12. The van der Waals surface area contributed by atoms with Crippen molar-refractivity contribution in [1.29, 1.82) is 0 Å².